The third-order valence-electron chi connectivity index (χ3n) is 2.54. The van der Waals surface area contributed by atoms with Gasteiger partial charge in [0.1, 0.15) is 5.75 Å². The summed E-state index contributed by atoms with van der Waals surface area (Å²) in [4.78, 5) is 22.1. The molecule has 0 saturated heterocycles. The normalized spacial score (nSPS) is 10.4. The number of hydrogen-bond donors (Lipinski definition) is 0. The summed E-state index contributed by atoms with van der Waals surface area (Å²) in [5.74, 6) is 0.114. The molecule has 0 bridgehead atoms. The van der Waals surface area contributed by atoms with Crippen molar-refractivity contribution in [2.45, 2.75) is 19.8 Å². The quantitative estimate of drug-likeness (QED) is 0.328. The van der Waals surface area contributed by atoms with Gasteiger partial charge in [-0.3, -0.25) is 4.79 Å². The molecule has 1 aromatic carbocycles. The highest BCUT2D eigenvalue weighted by molar-refractivity contribution is 5.87. The molecule has 0 unspecified atom stereocenters. The van der Waals surface area contributed by atoms with Crippen molar-refractivity contribution in [2.24, 2.45) is 0 Å². The zero-order valence-corrected chi connectivity index (χ0v) is 11.2. The standard InChI is InChI=1S/C15H18O4/c1-3-4-9-19-15(17)8-6-12-5-7-13(11-16)14(10-12)18-2/h5-8,10-11H,3-4,9H2,1-2H3/b8-6+. The second kappa shape index (κ2) is 8.08. The molecule has 4 heteroatoms. The van der Waals surface area contributed by atoms with Crippen molar-refractivity contribution < 1.29 is 19.1 Å². The fourth-order valence-electron chi connectivity index (χ4n) is 1.46. The molecule has 0 N–H and O–H groups in total. The van der Waals surface area contributed by atoms with Crippen molar-refractivity contribution in [1.29, 1.82) is 0 Å². The average Bonchev–Trinajstić information content (AvgIpc) is 2.45. The molecule has 0 fully saturated rings. The summed E-state index contributed by atoms with van der Waals surface area (Å²) in [7, 11) is 1.49. The first-order valence-electron chi connectivity index (χ1n) is 6.19. The third kappa shape index (κ3) is 4.95. The number of carbonyl (C=O) groups is 2. The molecule has 19 heavy (non-hydrogen) atoms. The van der Waals surface area contributed by atoms with E-state index in [9.17, 15) is 9.59 Å². The number of aldehydes is 1. The highest BCUT2D eigenvalue weighted by Crippen LogP contribution is 2.19. The van der Waals surface area contributed by atoms with Crippen LogP contribution in [0.4, 0.5) is 0 Å². The van der Waals surface area contributed by atoms with Crippen LogP contribution in [-0.4, -0.2) is 26.0 Å². The SMILES string of the molecule is CCCCOC(=O)/C=C/c1ccc(C=O)c(OC)c1. The smallest absolute Gasteiger partial charge is 0.330 e. The van der Waals surface area contributed by atoms with Gasteiger partial charge in [-0.05, 0) is 30.2 Å². The molecule has 0 aromatic heterocycles. The molecular weight excluding hydrogens is 244 g/mol. The molecule has 0 spiro atoms. The van der Waals surface area contributed by atoms with E-state index in [4.69, 9.17) is 9.47 Å². The van der Waals surface area contributed by atoms with Crippen molar-refractivity contribution in [3.63, 3.8) is 0 Å². The van der Waals surface area contributed by atoms with Crippen LogP contribution >= 0.6 is 0 Å². The summed E-state index contributed by atoms with van der Waals surface area (Å²) in [6.45, 7) is 2.47. The first-order valence-corrected chi connectivity index (χ1v) is 6.19. The molecule has 0 saturated carbocycles. The number of esters is 1. The van der Waals surface area contributed by atoms with E-state index in [1.54, 1.807) is 24.3 Å². The van der Waals surface area contributed by atoms with Crippen LogP contribution in [0.3, 0.4) is 0 Å². The minimum Gasteiger partial charge on any atom is -0.496 e. The van der Waals surface area contributed by atoms with Crippen molar-refractivity contribution >= 4 is 18.3 Å². The van der Waals surface area contributed by atoms with E-state index in [1.165, 1.54) is 13.2 Å². The Morgan fingerprint density at radius 2 is 2.16 bits per heavy atom. The number of ether oxygens (including phenoxy) is 2. The first-order chi connectivity index (χ1) is 9.21. The molecular formula is C15H18O4. The lowest BCUT2D eigenvalue weighted by Gasteiger charge is -2.04. The molecule has 0 radical (unpaired) electrons. The molecule has 1 aromatic rings. The topological polar surface area (TPSA) is 52.6 Å². The van der Waals surface area contributed by atoms with E-state index >= 15 is 0 Å². The minimum absolute atomic E-state index is 0.369. The van der Waals surface area contributed by atoms with Crippen LogP contribution in [0.5, 0.6) is 5.75 Å². The summed E-state index contributed by atoms with van der Waals surface area (Å²) >= 11 is 0. The monoisotopic (exact) mass is 262 g/mol. The summed E-state index contributed by atoms with van der Waals surface area (Å²) in [6.07, 6.45) is 5.57. The predicted octanol–water partition coefficient (Wildman–Crippen LogP) is 2.86. The number of methoxy groups -OCH3 is 1. The number of unbranched alkanes of at least 4 members (excludes halogenated alkanes) is 1. The number of benzene rings is 1. The highest BCUT2D eigenvalue weighted by Gasteiger charge is 2.02. The van der Waals surface area contributed by atoms with Gasteiger partial charge in [-0.15, -0.1) is 0 Å². The van der Waals surface area contributed by atoms with Gasteiger partial charge in [-0.2, -0.15) is 0 Å². The fourth-order valence-corrected chi connectivity index (χ4v) is 1.46. The Kier molecular flexibility index (Phi) is 6.36. The van der Waals surface area contributed by atoms with E-state index in [0.717, 1.165) is 24.7 Å². The van der Waals surface area contributed by atoms with E-state index in [2.05, 4.69) is 0 Å². The molecule has 102 valence electrons. The molecule has 4 nitrogen and oxygen atoms in total. The number of hydrogen-bond acceptors (Lipinski definition) is 4. The van der Waals surface area contributed by atoms with Crippen LogP contribution < -0.4 is 4.74 Å². The van der Waals surface area contributed by atoms with Crippen molar-refractivity contribution in [3.05, 3.63) is 35.4 Å². The summed E-state index contributed by atoms with van der Waals surface area (Å²) in [5, 5.41) is 0. The van der Waals surface area contributed by atoms with Gasteiger partial charge >= 0.3 is 5.97 Å². The van der Waals surface area contributed by atoms with E-state index in [0.29, 0.717) is 17.9 Å². The molecule has 1 rings (SSSR count). The molecule has 0 amide bonds. The Balaban J connectivity index is 2.66. The highest BCUT2D eigenvalue weighted by atomic mass is 16.5. The summed E-state index contributed by atoms with van der Waals surface area (Å²) < 4.78 is 10.1. The Morgan fingerprint density at radius 3 is 2.79 bits per heavy atom. The maximum atomic E-state index is 11.4. The summed E-state index contributed by atoms with van der Waals surface area (Å²) in [6, 6.07) is 5.08. The number of rotatable bonds is 7. The lowest BCUT2D eigenvalue weighted by molar-refractivity contribution is -0.137. The second-order valence-electron chi connectivity index (χ2n) is 3.97. The van der Waals surface area contributed by atoms with Gasteiger partial charge in [0, 0.05) is 6.08 Å². The van der Waals surface area contributed by atoms with Crippen molar-refractivity contribution in [3.8, 4) is 5.75 Å². The van der Waals surface area contributed by atoms with E-state index < -0.39 is 0 Å². The first kappa shape index (κ1) is 15.0. The maximum absolute atomic E-state index is 11.4. The largest absolute Gasteiger partial charge is 0.496 e. The molecule has 0 aliphatic carbocycles. The van der Waals surface area contributed by atoms with Crippen LogP contribution in [0, 0.1) is 0 Å². The van der Waals surface area contributed by atoms with Crippen molar-refractivity contribution in [2.75, 3.05) is 13.7 Å². The van der Waals surface area contributed by atoms with Gasteiger partial charge in [0.05, 0.1) is 19.3 Å². The van der Waals surface area contributed by atoms with Crippen molar-refractivity contribution in [1.82, 2.24) is 0 Å². The van der Waals surface area contributed by atoms with Crippen LogP contribution in [0.1, 0.15) is 35.7 Å². The van der Waals surface area contributed by atoms with Gasteiger partial charge in [0.2, 0.25) is 0 Å². The second-order valence-corrected chi connectivity index (χ2v) is 3.97. The van der Waals surface area contributed by atoms with Crippen LogP contribution in [0.2, 0.25) is 0 Å². The van der Waals surface area contributed by atoms with E-state index in [-0.39, 0.29) is 5.97 Å². The van der Waals surface area contributed by atoms with Gasteiger partial charge in [-0.1, -0.05) is 19.4 Å². The maximum Gasteiger partial charge on any atom is 0.330 e. The Labute approximate surface area is 113 Å². The Morgan fingerprint density at radius 1 is 1.37 bits per heavy atom. The Hall–Kier alpha value is -2.10. The number of carbonyl (C=O) groups excluding carboxylic acids is 2. The minimum atomic E-state index is -0.369. The fraction of sp³-hybridized carbons (Fsp3) is 0.333. The molecule has 0 aliphatic rings. The Bertz CT molecular complexity index is 463. The lowest BCUT2D eigenvalue weighted by atomic mass is 10.1. The summed E-state index contributed by atoms with van der Waals surface area (Å²) in [5.41, 5.74) is 1.25. The van der Waals surface area contributed by atoms with E-state index in [1.807, 2.05) is 6.92 Å². The van der Waals surface area contributed by atoms with Crippen LogP contribution in [0.25, 0.3) is 6.08 Å². The predicted molar refractivity (Wildman–Crippen MR) is 73.3 cm³/mol. The van der Waals surface area contributed by atoms with Gasteiger partial charge < -0.3 is 9.47 Å². The van der Waals surface area contributed by atoms with Gasteiger partial charge in [-0.25, -0.2) is 4.79 Å². The third-order valence-corrected chi connectivity index (χ3v) is 2.54. The zero-order valence-electron chi connectivity index (χ0n) is 11.2. The zero-order chi connectivity index (χ0) is 14.1. The van der Waals surface area contributed by atoms with Crippen LogP contribution in [0.15, 0.2) is 24.3 Å². The molecule has 0 aliphatic heterocycles. The lowest BCUT2D eigenvalue weighted by Crippen LogP contribution is -2.01. The molecule has 0 heterocycles. The van der Waals surface area contributed by atoms with Crippen LogP contribution in [-0.2, 0) is 9.53 Å². The van der Waals surface area contributed by atoms with Gasteiger partial charge in [0.15, 0.2) is 6.29 Å². The van der Waals surface area contributed by atoms with Gasteiger partial charge in [0.25, 0.3) is 0 Å². The molecule has 0 atom stereocenters. The average molecular weight is 262 g/mol.